The van der Waals surface area contributed by atoms with Crippen molar-refractivity contribution in [3.05, 3.63) is 29.3 Å². The number of aliphatic imine (C=N–C) groups is 1. The van der Waals surface area contributed by atoms with Crippen molar-refractivity contribution < 1.29 is 14.2 Å². The Kier molecular flexibility index (Phi) is 13.7. The Hall–Kier alpha value is -1.06. The SMILES string of the molecule is CCNC(=NCc1ccc(C)cc1OCCOC)NCCOC.I. The van der Waals surface area contributed by atoms with Crippen LogP contribution in [0.2, 0.25) is 0 Å². The summed E-state index contributed by atoms with van der Waals surface area (Å²) in [6.45, 7) is 7.90. The number of nitrogens with zero attached hydrogens (tertiary/aromatic N) is 1. The maximum Gasteiger partial charge on any atom is 0.191 e. The lowest BCUT2D eigenvalue weighted by Crippen LogP contribution is -2.38. The number of benzene rings is 1. The van der Waals surface area contributed by atoms with Crippen molar-refractivity contribution in [1.29, 1.82) is 0 Å². The Bertz CT molecular complexity index is 484. The van der Waals surface area contributed by atoms with Crippen LogP contribution in [-0.4, -0.2) is 53.1 Å². The highest BCUT2D eigenvalue weighted by atomic mass is 127. The minimum atomic E-state index is 0. The maximum absolute atomic E-state index is 5.79. The second-order valence-corrected chi connectivity index (χ2v) is 5.07. The van der Waals surface area contributed by atoms with Crippen LogP contribution in [0.15, 0.2) is 23.2 Å². The van der Waals surface area contributed by atoms with E-state index in [9.17, 15) is 0 Å². The number of methoxy groups -OCH3 is 2. The summed E-state index contributed by atoms with van der Waals surface area (Å²) in [5.41, 5.74) is 2.21. The minimum absolute atomic E-state index is 0. The van der Waals surface area contributed by atoms with E-state index >= 15 is 0 Å². The largest absolute Gasteiger partial charge is 0.491 e. The smallest absolute Gasteiger partial charge is 0.191 e. The molecule has 0 bridgehead atoms. The van der Waals surface area contributed by atoms with Gasteiger partial charge in [-0.05, 0) is 25.5 Å². The first-order valence-electron chi connectivity index (χ1n) is 7.93. The lowest BCUT2D eigenvalue weighted by atomic mass is 10.1. The van der Waals surface area contributed by atoms with Gasteiger partial charge in [-0.2, -0.15) is 0 Å². The van der Waals surface area contributed by atoms with Crippen LogP contribution >= 0.6 is 24.0 Å². The number of aryl methyl sites for hydroxylation is 1. The molecular formula is C17H30IN3O3. The molecule has 0 saturated carbocycles. The summed E-state index contributed by atoms with van der Waals surface area (Å²) in [6, 6.07) is 6.16. The number of hydrogen-bond acceptors (Lipinski definition) is 4. The summed E-state index contributed by atoms with van der Waals surface area (Å²) in [4.78, 5) is 4.60. The molecule has 0 fully saturated rings. The van der Waals surface area contributed by atoms with Crippen molar-refractivity contribution in [2.24, 2.45) is 4.99 Å². The summed E-state index contributed by atoms with van der Waals surface area (Å²) < 4.78 is 15.9. The Morgan fingerprint density at radius 3 is 2.50 bits per heavy atom. The minimum Gasteiger partial charge on any atom is -0.491 e. The van der Waals surface area contributed by atoms with Crippen LogP contribution in [0.4, 0.5) is 0 Å². The molecule has 2 N–H and O–H groups in total. The first-order chi connectivity index (χ1) is 11.2. The molecule has 0 spiro atoms. The lowest BCUT2D eigenvalue weighted by Gasteiger charge is -2.13. The van der Waals surface area contributed by atoms with Crippen molar-refractivity contribution in [2.45, 2.75) is 20.4 Å². The predicted molar refractivity (Wildman–Crippen MR) is 109 cm³/mol. The van der Waals surface area contributed by atoms with Gasteiger partial charge in [-0.1, -0.05) is 12.1 Å². The monoisotopic (exact) mass is 451 g/mol. The fourth-order valence-electron chi connectivity index (χ4n) is 1.94. The summed E-state index contributed by atoms with van der Waals surface area (Å²) in [5.74, 6) is 1.63. The van der Waals surface area contributed by atoms with Crippen molar-refractivity contribution >= 4 is 29.9 Å². The number of halogens is 1. The highest BCUT2D eigenvalue weighted by molar-refractivity contribution is 14.0. The lowest BCUT2D eigenvalue weighted by molar-refractivity contribution is 0.145. The maximum atomic E-state index is 5.79. The van der Waals surface area contributed by atoms with Gasteiger partial charge in [0.15, 0.2) is 5.96 Å². The van der Waals surface area contributed by atoms with Gasteiger partial charge in [-0.3, -0.25) is 0 Å². The molecule has 1 aromatic rings. The molecule has 7 heteroatoms. The Morgan fingerprint density at radius 2 is 1.83 bits per heavy atom. The fourth-order valence-corrected chi connectivity index (χ4v) is 1.94. The van der Waals surface area contributed by atoms with E-state index < -0.39 is 0 Å². The van der Waals surface area contributed by atoms with Gasteiger partial charge in [0.05, 0.1) is 19.8 Å². The topological polar surface area (TPSA) is 64.1 Å². The zero-order valence-electron chi connectivity index (χ0n) is 15.1. The normalized spacial score (nSPS) is 10.9. The number of rotatable bonds is 10. The van der Waals surface area contributed by atoms with Crippen molar-refractivity contribution in [2.75, 3.05) is 47.1 Å². The molecule has 24 heavy (non-hydrogen) atoms. The second-order valence-electron chi connectivity index (χ2n) is 5.07. The number of ether oxygens (including phenoxy) is 3. The van der Waals surface area contributed by atoms with Gasteiger partial charge in [0.25, 0.3) is 0 Å². The third-order valence-corrected chi connectivity index (χ3v) is 3.12. The first-order valence-corrected chi connectivity index (χ1v) is 7.93. The summed E-state index contributed by atoms with van der Waals surface area (Å²) in [7, 11) is 3.35. The van der Waals surface area contributed by atoms with Gasteiger partial charge in [0.2, 0.25) is 0 Å². The van der Waals surface area contributed by atoms with Gasteiger partial charge in [0.1, 0.15) is 12.4 Å². The van der Waals surface area contributed by atoms with Gasteiger partial charge in [-0.25, -0.2) is 4.99 Å². The average Bonchev–Trinajstić information content (AvgIpc) is 2.54. The summed E-state index contributed by atoms with van der Waals surface area (Å²) in [6.07, 6.45) is 0. The zero-order valence-corrected chi connectivity index (χ0v) is 17.4. The number of guanidine groups is 1. The van der Waals surface area contributed by atoms with Crippen LogP contribution in [0.5, 0.6) is 5.75 Å². The highest BCUT2D eigenvalue weighted by Crippen LogP contribution is 2.21. The molecule has 0 amide bonds. The van der Waals surface area contributed by atoms with Crippen LogP contribution in [-0.2, 0) is 16.0 Å². The van der Waals surface area contributed by atoms with Gasteiger partial charge in [-0.15, -0.1) is 24.0 Å². The molecule has 0 aromatic heterocycles. The van der Waals surface area contributed by atoms with Crippen molar-refractivity contribution in [3.8, 4) is 5.75 Å². The molecule has 0 aliphatic rings. The van der Waals surface area contributed by atoms with Crippen LogP contribution in [0.25, 0.3) is 0 Å². The molecule has 0 heterocycles. The van der Waals surface area contributed by atoms with E-state index in [-0.39, 0.29) is 24.0 Å². The van der Waals surface area contributed by atoms with Crippen molar-refractivity contribution in [3.63, 3.8) is 0 Å². The fraction of sp³-hybridized carbons (Fsp3) is 0.588. The second kappa shape index (κ2) is 14.3. The molecule has 1 rings (SSSR count). The van der Waals surface area contributed by atoms with E-state index in [1.807, 2.05) is 19.9 Å². The van der Waals surface area contributed by atoms with E-state index in [1.54, 1.807) is 14.2 Å². The van der Waals surface area contributed by atoms with Gasteiger partial charge >= 0.3 is 0 Å². The molecule has 0 radical (unpaired) electrons. The number of nitrogens with one attached hydrogen (secondary N) is 2. The zero-order chi connectivity index (χ0) is 16.9. The van der Waals surface area contributed by atoms with Crippen molar-refractivity contribution in [1.82, 2.24) is 10.6 Å². The van der Waals surface area contributed by atoms with E-state index in [1.165, 1.54) is 0 Å². The van der Waals surface area contributed by atoms with Crippen LogP contribution in [0.1, 0.15) is 18.1 Å². The Balaban J connectivity index is 0.00000529. The third-order valence-electron chi connectivity index (χ3n) is 3.12. The molecular weight excluding hydrogens is 421 g/mol. The molecule has 0 saturated heterocycles. The van der Waals surface area contributed by atoms with E-state index in [2.05, 4.69) is 27.8 Å². The van der Waals surface area contributed by atoms with E-state index in [4.69, 9.17) is 14.2 Å². The highest BCUT2D eigenvalue weighted by Gasteiger charge is 2.05. The van der Waals surface area contributed by atoms with E-state index in [0.717, 1.165) is 29.4 Å². The molecule has 0 aliphatic carbocycles. The summed E-state index contributed by atoms with van der Waals surface area (Å²) >= 11 is 0. The molecule has 0 atom stereocenters. The van der Waals surface area contributed by atoms with E-state index in [0.29, 0.717) is 32.9 Å². The standard InChI is InChI=1S/C17H29N3O3.HI/c1-5-18-17(19-8-9-21-3)20-13-15-7-6-14(2)12-16(15)23-11-10-22-4;/h6-7,12H,5,8-11,13H2,1-4H3,(H2,18,19,20);1H. The summed E-state index contributed by atoms with van der Waals surface area (Å²) in [5, 5.41) is 6.45. The quantitative estimate of drug-likeness (QED) is 0.248. The third kappa shape index (κ3) is 9.29. The van der Waals surface area contributed by atoms with Crippen LogP contribution < -0.4 is 15.4 Å². The van der Waals surface area contributed by atoms with Gasteiger partial charge in [0, 0.05) is 32.9 Å². The molecule has 0 aliphatic heterocycles. The average molecular weight is 451 g/mol. The molecule has 1 aromatic carbocycles. The number of hydrogen-bond donors (Lipinski definition) is 2. The first kappa shape index (κ1) is 22.9. The molecule has 0 unspecified atom stereocenters. The van der Waals surface area contributed by atoms with Gasteiger partial charge < -0.3 is 24.8 Å². The van der Waals surface area contributed by atoms with Crippen LogP contribution in [0.3, 0.4) is 0 Å². The molecule has 138 valence electrons. The Morgan fingerprint density at radius 1 is 1.08 bits per heavy atom. The van der Waals surface area contributed by atoms with Crippen LogP contribution in [0, 0.1) is 6.92 Å². The molecule has 6 nitrogen and oxygen atoms in total. The predicted octanol–water partition coefficient (Wildman–Crippen LogP) is 2.34. The Labute approximate surface area is 162 Å².